The lowest BCUT2D eigenvalue weighted by Gasteiger charge is -2.23. The van der Waals surface area contributed by atoms with E-state index in [2.05, 4.69) is 76.0 Å². The first-order chi connectivity index (χ1) is 8.30. The van der Waals surface area contributed by atoms with Gasteiger partial charge in [-0.05, 0) is 50.2 Å². The summed E-state index contributed by atoms with van der Waals surface area (Å²) in [4.78, 5) is 4.56. The summed E-state index contributed by atoms with van der Waals surface area (Å²) in [5, 5.41) is 0. The van der Waals surface area contributed by atoms with Gasteiger partial charge in [-0.25, -0.2) is 0 Å². The van der Waals surface area contributed by atoms with Crippen molar-refractivity contribution >= 4 is 5.69 Å². The van der Waals surface area contributed by atoms with Crippen LogP contribution in [0.3, 0.4) is 0 Å². The smallest absolute Gasteiger partial charge is 0.0363 e. The van der Waals surface area contributed by atoms with E-state index in [1.807, 2.05) is 0 Å². The second kappa shape index (κ2) is 6.24. The first-order valence-corrected chi connectivity index (χ1v) is 6.77. The summed E-state index contributed by atoms with van der Waals surface area (Å²) in [7, 11) is 6.41. The third kappa shape index (κ3) is 4.69. The van der Waals surface area contributed by atoms with Crippen molar-refractivity contribution in [1.82, 2.24) is 4.90 Å². The minimum Gasteiger partial charge on any atom is -0.375 e. The second-order valence-corrected chi connectivity index (χ2v) is 6.38. The molecule has 0 bridgehead atoms. The van der Waals surface area contributed by atoms with Crippen LogP contribution >= 0.6 is 0 Å². The summed E-state index contributed by atoms with van der Waals surface area (Å²) in [6.07, 6.45) is 1.20. The molecule has 2 nitrogen and oxygen atoms in total. The van der Waals surface area contributed by atoms with Crippen molar-refractivity contribution in [2.45, 2.75) is 32.6 Å². The molecule has 1 aromatic carbocycles. The van der Waals surface area contributed by atoms with Gasteiger partial charge in [0.25, 0.3) is 0 Å². The number of benzene rings is 1. The van der Waals surface area contributed by atoms with Gasteiger partial charge in [-0.3, -0.25) is 0 Å². The number of hydrogen-bond donors (Lipinski definition) is 0. The van der Waals surface area contributed by atoms with Crippen molar-refractivity contribution in [2.75, 3.05) is 39.1 Å². The van der Waals surface area contributed by atoms with Gasteiger partial charge in [0.15, 0.2) is 0 Å². The molecule has 18 heavy (non-hydrogen) atoms. The predicted molar refractivity (Wildman–Crippen MR) is 81.6 cm³/mol. The van der Waals surface area contributed by atoms with Crippen LogP contribution in [0.5, 0.6) is 0 Å². The Morgan fingerprint density at radius 2 is 1.44 bits per heavy atom. The molecule has 102 valence electrons. The molecule has 1 aromatic rings. The molecule has 0 aliphatic heterocycles. The van der Waals surface area contributed by atoms with Crippen LogP contribution in [0.4, 0.5) is 5.69 Å². The number of hydrogen-bond acceptors (Lipinski definition) is 2. The fraction of sp³-hybridized carbons (Fsp3) is 0.625. The van der Waals surface area contributed by atoms with Gasteiger partial charge >= 0.3 is 0 Å². The van der Waals surface area contributed by atoms with Crippen LogP contribution in [0, 0.1) is 0 Å². The van der Waals surface area contributed by atoms with Gasteiger partial charge < -0.3 is 9.80 Å². The van der Waals surface area contributed by atoms with Gasteiger partial charge in [-0.15, -0.1) is 0 Å². The standard InChI is InChI=1S/C16H28N2/c1-16(2,3)14-8-10-15(11-9-14)18(6)13-7-12-17(4)5/h8-11H,7,12-13H2,1-6H3. The zero-order chi connectivity index (χ0) is 13.8. The van der Waals surface area contributed by atoms with Crippen LogP contribution in [-0.2, 0) is 5.41 Å². The molecule has 0 aliphatic carbocycles. The average Bonchev–Trinajstić information content (AvgIpc) is 2.27. The quantitative estimate of drug-likeness (QED) is 0.788. The number of nitrogens with zero attached hydrogens (tertiary/aromatic N) is 2. The lowest BCUT2D eigenvalue weighted by Crippen LogP contribution is -2.23. The fourth-order valence-corrected chi connectivity index (χ4v) is 1.97. The van der Waals surface area contributed by atoms with Gasteiger partial charge in [-0.1, -0.05) is 32.9 Å². The third-order valence-corrected chi connectivity index (χ3v) is 3.27. The maximum absolute atomic E-state index is 2.33. The van der Waals surface area contributed by atoms with Gasteiger partial charge in [0.2, 0.25) is 0 Å². The number of anilines is 1. The largest absolute Gasteiger partial charge is 0.375 e. The molecule has 0 N–H and O–H groups in total. The summed E-state index contributed by atoms with van der Waals surface area (Å²) in [6, 6.07) is 8.96. The SMILES string of the molecule is CN(C)CCCN(C)c1ccc(C(C)(C)C)cc1. The van der Waals surface area contributed by atoms with Gasteiger partial charge in [0.1, 0.15) is 0 Å². The molecular weight excluding hydrogens is 220 g/mol. The molecule has 0 fully saturated rings. The van der Waals surface area contributed by atoms with Crippen LogP contribution in [0.15, 0.2) is 24.3 Å². The Hall–Kier alpha value is -1.02. The molecule has 0 spiro atoms. The molecule has 0 amide bonds. The van der Waals surface area contributed by atoms with Crippen LogP contribution in [0.25, 0.3) is 0 Å². The van der Waals surface area contributed by atoms with Crippen molar-refractivity contribution in [3.63, 3.8) is 0 Å². The van der Waals surface area contributed by atoms with Crippen molar-refractivity contribution in [3.05, 3.63) is 29.8 Å². The zero-order valence-corrected chi connectivity index (χ0v) is 12.8. The summed E-state index contributed by atoms with van der Waals surface area (Å²) < 4.78 is 0. The van der Waals surface area contributed by atoms with E-state index in [-0.39, 0.29) is 5.41 Å². The van der Waals surface area contributed by atoms with E-state index in [0.29, 0.717) is 0 Å². The molecule has 2 heteroatoms. The van der Waals surface area contributed by atoms with E-state index >= 15 is 0 Å². The number of rotatable bonds is 5. The maximum Gasteiger partial charge on any atom is 0.0363 e. The summed E-state index contributed by atoms with van der Waals surface area (Å²) in [5.74, 6) is 0. The molecule has 0 aromatic heterocycles. The van der Waals surface area contributed by atoms with Crippen LogP contribution in [-0.4, -0.2) is 39.1 Å². The molecule has 0 radical (unpaired) electrons. The van der Waals surface area contributed by atoms with Gasteiger partial charge in [-0.2, -0.15) is 0 Å². The predicted octanol–water partition coefficient (Wildman–Crippen LogP) is 3.37. The Balaban J connectivity index is 2.56. The van der Waals surface area contributed by atoms with Crippen molar-refractivity contribution < 1.29 is 0 Å². The minimum atomic E-state index is 0.238. The summed E-state index contributed by atoms with van der Waals surface area (Å²) in [5.41, 5.74) is 2.94. The lowest BCUT2D eigenvalue weighted by atomic mass is 9.87. The van der Waals surface area contributed by atoms with E-state index in [1.54, 1.807) is 0 Å². The highest BCUT2D eigenvalue weighted by molar-refractivity contribution is 5.47. The molecule has 0 unspecified atom stereocenters. The van der Waals surface area contributed by atoms with E-state index in [9.17, 15) is 0 Å². The highest BCUT2D eigenvalue weighted by Crippen LogP contribution is 2.24. The van der Waals surface area contributed by atoms with E-state index in [0.717, 1.165) is 13.1 Å². The Kier molecular flexibility index (Phi) is 5.21. The van der Waals surface area contributed by atoms with Crippen molar-refractivity contribution in [3.8, 4) is 0 Å². The molecular formula is C16H28N2. The fourth-order valence-electron chi connectivity index (χ4n) is 1.97. The van der Waals surface area contributed by atoms with Crippen LogP contribution in [0.2, 0.25) is 0 Å². The average molecular weight is 248 g/mol. The molecule has 0 saturated carbocycles. The molecule has 1 rings (SSSR count). The maximum atomic E-state index is 2.33. The molecule has 0 heterocycles. The van der Waals surface area contributed by atoms with Crippen LogP contribution in [0.1, 0.15) is 32.8 Å². The van der Waals surface area contributed by atoms with Crippen molar-refractivity contribution in [1.29, 1.82) is 0 Å². The highest BCUT2D eigenvalue weighted by atomic mass is 15.1. The zero-order valence-electron chi connectivity index (χ0n) is 12.8. The van der Waals surface area contributed by atoms with Crippen LogP contribution < -0.4 is 4.90 Å². The monoisotopic (exact) mass is 248 g/mol. The summed E-state index contributed by atoms with van der Waals surface area (Å²) >= 11 is 0. The summed E-state index contributed by atoms with van der Waals surface area (Å²) in [6.45, 7) is 9.01. The normalized spacial score (nSPS) is 11.9. The topological polar surface area (TPSA) is 6.48 Å². The third-order valence-electron chi connectivity index (χ3n) is 3.27. The van der Waals surface area contributed by atoms with Gasteiger partial charge in [0, 0.05) is 19.3 Å². The second-order valence-electron chi connectivity index (χ2n) is 6.38. The highest BCUT2D eigenvalue weighted by Gasteiger charge is 2.13. The lowest BCUT2D eigenvalue weighted by molar-refractivity contribution is 0.401. The van der Waals surface area contributed by atoms with E-state index in [4.69, 9.17) is 0 Å². The van der Waals surface area contributed by atoms with E-state index in [1.165, 1.54) is 17.7 Å². The molecule has 0 aliphatic rings. The molecule has 0 saturated heterocycles. The van der Waals surface area contributed by atoms with Gasteiger partial charge in [0.05, 0.1) is 0 Å². The Bertz CT molecular complexity index is 346. The Morgan fingerprint density at radius 1 is 0.889 bits per heavy atom. The first-order valence-electron chi connectivity index (χ1n) is 6.77. The molecule has 0 atom stereocenters. The van der Waals surface area contributed by atoms with E-state index < -0.39 is 0 Å². The first kappa shape index (κ1) is 15.0. The van der Waals surface area contributed by atoms with Crippen molar-refractivity contribution in [2.24, 2.45) is 0 Å². The Labute approximate surface area is 113 Å². The Morgan fingerprint density at radius 3 is 1.89 bits per heavy atom. The minimum absolute atomic E-state index is 0.238.